The SMILES string of the molecule is CS(=O)c1ccc(C(O)(CC2CCC2)c2cc3cc(F)cnc3n2S(=O)(=O)c2ccccc2)cc1. The lowest BCUT2D eigenvalue weighted by Gasteiger charge is -2.37. The highest BCUT2D eigenvalue weighted by molar-refractivity contribution is 7.90. The Morgan fingerprint density at radius 1 is 1.11 bits per heavy atom. The molecule has 0 saturated heterocycles. The molecular formula is C26H25FN2O4S2. The second-order valence-corrected chi connectivity index (χ2v) is 12.2. The molecule has 4 aromatic rings. The number of fused-ring (bicyclic) bond motifs is 1. The van der Waals surface area contributed by atoms with Gasteiger partial charge in [-0.15, -0.1) is 0 Å². The summed E-state index contributed by atoms with van der Waals surface area (Å²) in [6.07, 6.45) is 5.74. The van der Waals surface area contributed by atoms with Crippen LogP contribution in [0.15, 0.2) is 82.7 Å². The van der Waals surface area contributed by atoms with E-state index >= 15 is 0 Å². The summed E-state index contributed by atoms with van der Waals surface area (Å²) in [6, 6.07) is 17.4. The molecule has 2 heterocycles. The molecule has 6 nitrogen and oxygen atoms in total. The first-order valence-corrected chi connectivity index (χ1v) is 14.3. The second kappa shape index (κ2) is 8.96. The quantitative estimate of drug-likeness (QED) is 0.392. The lowest BCUT2D eigenvalue weighted by molar-refractivity contribution is 0.0323. The van der Waals surface area contributed by atoms with Gasteiger partial charge in [0, 0.05) is 27.3 Å². The molecule has 1 aliphatic carbocycles. The van der Waals surface area contributed by atoms with E-state index in [-0.39, 0.29) is 27.5 Å². The summed E-state index contributed by atoms with van der Waals surface area (Å²) in [5.41, 5.74) is -1.07. The van der Waals surface area contributed by atoms with Gasteiger partial charge in [0.1, 0.15) is 11.4 Å². The minimum atomic E-state index is -4.18. The van der Waals surface area contributed by atoms with Gasteiger partial charge in [0.05, 0.1) is 16.8 Å². The highest BCUT2D eigenvalue weighted by atomic mass is 32.2. The lowest BCUT2D eigenvalue weighted by Crippen LogP contribution is -2.36. The standard InChI is InChI=1S/C26H25FN2O4S2/c1-34(31)22-12-10-20(11-13-22)26(30,16-18-6-5-7-18)24-15-19-14-21(27)17-28-25(19)29(24)35(32,33)23-8-3-2-4-9-23/h2-4,8-15,17-18,30H,5-7,16H2,1H3. The van der Waals surface area contributed by atoms with E-state index in [2.05, 4.69) is 4.98 Å². The van der Waals surface area contributed by atoms with Gasteiger partial charge >= 0.3 is 0 Å². The van der Waals surface area contributed by atoms with Crippen molar-refractivity contribution in [3.8, 4) is 0 Å². The van der Waals surface area contributed by atoms with Crippen molar-refractivity contribution in [2.75, 3.05) is 6.26 Å². The molecule has 9 heteroatoms. The zero-order valence-corrected chi connectivity index (χ0v) is 20.7. The van der Waals surface area contributed by atoms with E-state index in [1.165, 1.54) is 24.3 Å². The van der Waals surface area contributed by atoms with Crippen LogP contribution in [-0.2, 0) is 26.4 Å². The Balaban J connectivity index is 1.79. The summed E-state index contributed by atoms with van der Waals surface area (Å²) in [6.45, 7) is 0. The topological polar surface area (TPSA) is 89.3 Å². The van der Waals surface area contributed by atoms with Crippen molar-refractivity contribution in [2.45, 2.75) is 41.1 Å². The molecule has 35 heavy (non-hydrogen) atoms. The van der Waals surface area contributed by atoms with Crippen LogP contribution in [0.25, 0.3) is 11.0 Å². The third-order valence-electron chi connectivity index (χ3n) is 6.74. The Kier molecular flexibility index (Phi) is 6.11. The van der Waals surface area contributed by atoms with E-state index in [4.69, 9.17) is 0 Å². The molecule has 182 valence electrons. The van der Waals surface area contributed by atoms with E-state index in [1.54, 1.807) is 48.7 Å². The highest BCUT2D eigenvalue weighted by Crippen LogP contribution is 2.44. The van der Waals surface area contributed by atoms with Crippen LogP contribution in [-0.4, -0.2) is 32.9 Å². The summed E-state index contributed by atoms with van der Waals surface area (Å²) in [5.74, 6) is -0.397. The van der Waals surface area contributed by atoms with Crippen molar-refractivity contribution in [1.29, 1.82) is 0 Å². The van der Waals surface area contributed by atoms with Crippen LogP contribution >= 0.6 is 0 Å². The fourth-order valence-corrected chi connectivity index (χ4v) is 6.75. The first-order valence-electron chi connectivity index (χ1n) is 11.3. The second-order valence-electron chi connectivity index (χ2n) is 9.02. The first-order chi connectivity index (χ1) is 16.7. The van der Waals surface area contributed by atoms with Crippen molar-refractivity contribution >= 4 is 31.9 Å². The van der Waals surface area contributed by atoms with E-state index in [1.807, 2.05) is 0 Å². The molecule has 0 aliphatic heterocycles. The van der Waals surface area contributed by atoms with Crippen LogP contribution in [0.5, 0.6) is 0 Å². The fourth-order valence-electron chi connectivity index (χ4n) is 4.68. The maximum absolute atomic E-state index is 14.1. The molecule has 2 aromatic carbocycles. The summed E-state index contributed by atoms with van der Waals surface area (Å²) < 4.78 is 54.8. The van der Waals surface area contributed by atoms with Crippen molar-refractivity contribution in [2.24, 2.45) is 5.92 Å². The minimum Gasteiger partial charge on any atom is -0.379 e. The monoisotopic (exact) mass is 512 g/mol. The van der Waals surface area contributed by atoms with Gasteiger partial charge in [-0.3, -0.25) is 4.21 Å². The number of hydrogen-bond acceptors (Lipinski definition) is 5. The number of aromatic nitrogens is 2. The number of pyridine rings is 1. The smallest absolute Gasteiger partial charge is 0.269 e. The van der Waals surface area contributed by atoms with E-state index in [9.17, 15) is 22.1 Å². The Labute approximate surface area is 206 Å². The van der Waals surface area contributed by atoms with Gasteiger partial charge in [0.25, 0.3) is 10.0 Å². The molecule has 0 spiro atoms. The molecular weight excluding hydrogens is 487 g/mol. The molecule has 1 fully saturated rings. The summed E-state index contributed by atoms with van der Waals surface area (Å²) >= 11 is 0. The van der Waals surface area contributed by atoms with Crippen molar-refractivity contribution < 1.29 is 22.1 Å². The number of hydrogen-bond donors (Lipinski definition) is 1. The molecule has 0 amide bonds. The molecule has 1 aliphatic rings. The lowest BCUT2D eigenvalue weighted by atomic mass is 9.74. The van der Waals surface area contributed by atoms with Gasteiger partial charge in [-0.05, 0) is 54.3 Å². The van der Waals surface area contributed by atoms with Gasteiger partial charge in [-0.1, -0.05) is 49.6 Å². The summed E-state index contributed by atoms with van der Waals surface area (Å²) in [7, 11) is -5.38. The maximum Gasteiger partial charge on any atom is 0.269 e. The Morgan fingerprint density at radius 3 is 2.40 bits per heavy atom. The summed E-state index contributed by atoms with van der Waals surface area (Å²) in [4.78, 5) is 4.74. The van der Waals surface area contributed by atoms with Gasteiger partial charge < -0.3 is 5.11 Å². The van der Waals surface area contributed by atoms with Crippen LogP contribution in [0.4, 0.5) is 4.39 Å². The third-order valence-corrected chi connectivity index (χ3v) is 9.40. The van der Waals surface area contributed by atoms with Gasteiger partial charge in [0.2, 0.25) is 0 Å². The van der Waals surface area contributed by atoms with Crippen LogP contribution in [0.2, 0.25) is 0 Å². The van der Waals surface area contributed by atoms with Crippen LogP contribution in [0.1, 0.15) is 36.9 Å². The normalized spacial score (nSPS) is 17.1. The predicted octanol–water partition coefficient (Wildman–Crippen LogP) is 4.58. The van der Waals surface area contributed by atoms with Gasteiger partial charge in [-0.2, -0.15) is 0 Å². The Morgan fingerprint density at radius 2 is 1.80 bits per heavy atom. The third kappa shape index (κ3) is 4.22. The molecule has 0 radical (unpaired) electrons. The number of aliphatic hydroxyl groups is 1. The molecule has 2 aromatic heterocycles. The number of rotatable bonds is 7. The zero-order valence-electron chi connectivity index (χ0n) is 19.1. The minimum absolute atomic E-state index is 0.0348. The van der Waals surface area contributed by atoms with Crippen molar-refractivity contribution in [3.63, 3.8) is 0 Å². The van der Waals surface area contributed by atoms with E-state index in [0.717, 1.165) is 29.4 Å². The molecule has 5 rings (SSSR count). The van der Waals surface area contributed by atoms with Gasteiger partial charge in [-0.25, -0.2) is 21.8 Å². The van der Waals surface area contributed by atoms with Crippen LogP contribution in [0, 0.1) is 11.7 Å². The average Bonchev–Trinajstić information content (AvgIpc) is 3.22. The molecule has 0 bridgehead atoms. The van der Waals surface area contributed by atoms with Gasteiger partial charge in [0.15, 0.2) is 5.65 Å². The van der Waals surface area contributed by atoms with Crippen molar-refractivity contribution in [3.05, 3.63) is 90.0 Å². The fraction of sp³-hybridized carbons (Fsp3) is 0.269. The zero-order chi connectivity index (χ0) is 24.8. The Bertz CT molecular complexity index is 1510. The highest BCUT2D eigenvalue weighted by Gasteiger charge is 2.42. The maximum atomic E-state index is 14.1. The molecule has 2 unspecified atom stereocenters. The average molecular weight is 513 g/mol. The number of nitrogens with zero attached hydrogens (tertiary/aromatic N) is 2. The Hall–Kier alpha value is -2.88. The largest absolute Gasteiger partial charge is 0.379 e. The molecule has 1 N–H and O–H groups in total. The van der Waals surface area contributed by atoms with E-state index in [0.29, 0.717) is 16.9 Å². The number of benzene rings is 2. The molecule has 2 atom stereocenters. The predicted molar refractivity (Wildman–Crippen MR) is 132 cm³/mol. The molecule has 1 saturated carbocycles. The van der Waals surface area contributed by atoms with Crippen molar-refractivity contribution in [1.82, 2.24) is 8.96 Å². The summed E-state index contributed by atoms with van der Waals surface area (Å²) in [5, 5.41) is 12.6. The van der Waals surface area contributed by atoms with E-state index < -0.39 is 32.2 Å². The number of halogens is 1. The van der Waals surface area contributed by atoms with Crippen LogP contribution < -0.4 is 0 Å². The first kappa shape index (κ1) is 23.8. The van der Waals surface area contributed by atoms with Crippen LogP contribution in [0.3, 0.4) is 0 Å².